The van der Waals surface area contributed by atoms with Crippen LogP contribution in [-0.2, 0) is 4.79 Å². The maximum absolute atomic E-state index is 12.2. The quantitative estimate of drug-likeness (QED) is 0.856. The van der Waals surface area contributed by atoms with E-state index in [0.717, 1.165) is 0 Å². The van der Waals surface area contributed by atoms with Gasteiger partial charge in [0.05, 0.1) is 0 Å². The molecule has 0 spiro atoms. The highest BCUT2D eigenvalue weighted by Gasteiger charge is 2.16. The van der Waals surface area contributed by atoms with Gasteiger partial charge in [-0.3, -0.25) is 9.59 Å². The number of carbonyl (C=O) groups excluding carboxylic acids is 2. The molecule has 6 heteroatoms. The van der Waals surface area contributed by atoms with Crippen molar-refractivity contribution in [2.75, 3.05) is 6.54 Å². The van der Waals surface area contributed by atoms with Crippen LogP contribution in [0, 0.1) is 0 Å². The third-order valence-corrected chi connectivity index (χ3v) is 3.05. The number of ether oxygens (including phenoxy) is 1. The summed E-state index contributed by atoms with van der Waals surface area (Å²) in [5.41, 5.74) is 0.377. The van der Waals surface area contributed by atoms with E-state index in [9.17, 15) is 9.59 Å². The summed E-state index contributed by atoms with van der Waals surface area (Å²) < 4.78 is 5.59. The number of hydrogen-bond acceptors (Lipinski definition) is 4. The summed E-state index contributed by atoms with van der Waals surface area (Å²) in [4.78, 5) is 27.9. The number of amides is 2. The van der Waals surface area contributed by atoms with Crippen LogP contribution in [0.1, 0.15) is 24.2 Å². The lowest BCUT2D eigenvalue weighted by atomic mass is 10.2. The van der Waals surface area contributed by atoms with Crippen molar-refractivity contribution >= 4 is 11.8 Å². The monoisotopic (exact) mass is 313 g/mol. The highest BCUT2D eigenvalue weighted by atomic mass is 16.5. The predicted molar refractivity (Wildman–Crippen MR) is 86.4 cm³/mol. The van der Waals surface area contributed by atoms with Crippen LogP contribution in [-0.4, -0.2) is 29.4 Å². The van der Waals surface area contributed by atoms with E-state index in [1.165, 1.54) is 12.3 Å². The van der Waals surface area contributed by atoms with E-state index in [2.05, 4.69) is 15.6 Å². The zero-order chi connectivity index (χ0) is 16.7. The predicted octanol–water partition coefficient (Wildman–Crippen LogP) is 2.13. The number of likely N-dealkylation sites (N-methyl/N-ethyl adjacent to an activating group) is 1. The van der Waals surface area contributed by atoms with Gasteiger partial charge in [-0.1, -0.05) is 18.2 Å². The minimum absolute atomic E-state index is 0.226. The molecule has 0 aliphatic heterocycles. The molecular weight excluding hydrogens is 294 g/mol. The van der Waals surface area contributed by atoms with Crippen molar-refractivity contribution in [3.8, 4) is 11.6 Å². The van der Waals surface area contributed by atoms with Crippen molar-refractivity contribution in [3.05, 3.63) is 54.2 Å². The fourth-order valence-electron chi connectivity index (χ4n) is 1.89. The molecule has 0 radical (unpaired) electrons. The summed E-state index contributed by atoms with van der Waals surface area (Å²) in [7, 11) is 0. The third-order valence-electron chi connectivity index (χ3n) is 3.05. The van der Waals surface area contributed by atoms with E-state index in [4.69, 9.17) is 4.74 Å². The Morgan fingerprint density at radius 1 is 1.22 bits per heavy atom. The van der Waals surface area contributed by atoms with E-state index >= 15 is 0 Å². The van der Waals surface area contributed by atoms with E-state index in [1.54, 1.807) is 25.1 Å². The molecule has 1 atom stereocenters. The van der Waals surface area contributed by atoms with Gasteiger partial charge in [-0.05, 0) is 32.0 Å². The molecule has 0 aliphatic rings. The Bertz CT molecular complexity index is 674. The largest absolute Gasteiger partial charge is 0.439 e. The van der Waals surface area contributed by atoms with Gasteiger partial charge in [0.2, 0.25) is 11.8 Å². The Morgan fingerprint density at radius 3 is 2.65 bits per heavy atom. The summed E-state index contributed by atoms with van der Waals surface area (Å²) in [5.74, 6) is 0.363. The van der Waals surface area contributed by atoms with Gasteiger partial charge >= 0.3 is 0 Å². The Labute approximate surface area is 134 Å². The van der Waals surface area contributed by atoms with Gasteiger partial charge in [0.1, 0.15) is 11.8 Å². The summed E-state index contributed by atoms with van der Waals surface area (Å²) in [6, 6.07) is 11.7. The van der Waals surface area contributed by atoms with Crippen molar-refractivity contribution in [2.45, 2.75) is 19.9 Å². The normalized spacial score (nSPS) is 11.4. The molecule has 23 heavy (non-hydrogen) atoms. The molecule has 2 N–H and O–H groups in total. The Morgan fingerprint density at radius 2 is 1.96 bits per heavy atom. The standard InChI is InChI=1S/C17H19N3O3/c1-3-18-16(21)12(2)20-17(22)13-9-10-19-15(11-13)23-14-7-5-4-6-8-14/h4-12H,3H2,1-2H3,(H,18,21)(H,20,22)/t12-/m0/s1. The van der Waals surface area contributed by atoms with E-state index in [0.29, 0.717) is 23.7 Å². The van der Waals surface area contributed by atoms with Crippen molar-refractivity contribution in [2.24, 2.45) is 0 Å². The van der Waals surface area contributed by atoms with Crippen LogP contribution in [0.2, 0.25) is 0 Å². The number of carbonyl (C=O) groups is 2. The Kier molecular flexibility index (Phi) is 5.68. The second kappa shape index (κ2) is 7.93. The zero-order valence-electron chi connectivity index (χ0n) is 13.1. The smallest absolute Gasteiger partial charge is 0.252 e. The SMILES string of the molecule is CCNC(=O)[C@H](C)NC(=O)c1ccnc(Oc2ccccc2)c1. The molecule has 1 heterocycles. The zero-order valence-corrected chi connectivity index (χ0v) is 13.1. The lowest BCUT2D eigenvalue weighted by Crippen LogP contribution is -2.44. The molecule has 2 aromatic rings. The topological polar surface area (TPSA) is 80.3 Å². The van der Waals surface area contributed by atoms with Gasteiger partial charge in [-0.2, -0.15) is 0 Å². The third kappa shape index (κ3) is 4.81. The van der Waals surface area contributed by atoms with Gasteiger partial charge in [0, 0.05) is 24.4 Å². The molecular formula is C17H19N3O3. The number of aromatic nitrogens is 1. The molecule has 0 unspecified atom stereocenters. The molecule has 0 aliphatic carbocycles. The fraction of sp³-hybridized carbons (Fsp3) is 0.235. The summed E-state index contributed by atoms with van der Waals surface area (Å²) >= 11 is 0. The number of nitrogens with zero attached hydrogens (tertiary/aromatic N) is 1. The molecule has 2 rings (SSSR count). The Balaban J connectivity index is 2.04. The van der Waals surface area contributed by atoms with Gasteiger partial charge in [-0.15, -0.1) is 0 Å². The fourth-order valence-corrected chi connectivity index (χ4v) is 1.89. The highest BCUT2D eigenvalue weighted by Crippen LogP contribution is 2.19. The van der Waals surface area contributed by atoms with Crippen LogP contribution in [0.5, 0.6) is 11.6 Å². The van der Waals surface area contributed by atoms with Crippen molar-refractivity contribution in [1.82, 2.24) is 15.6 Å². The first kappa shape index (κ1) is 16.5. The highest BCUT2D eigenvalue weighted by molar-refractivity contribution is 5.97. The minimum Gasteiger partial charge on any atom is -0.439 e. The average molecular weight is 313 g/mol. The first-order valence-corrected chi connectivity index (χ1v) is 7.37. The second-order valence-electron chi connectivity index (χ2n) is 4.89. The lowest BCUT2D eigenvalue weighted by Gasteiger charge is -2.13. The van der Waals surface area contributed by atoms with Gasteiger partial charge in [0.15, 0.2) is 0 Å². The molecule has 0 saturated carbocycles. The molecule has 2 amide bonds. The van der Waals surface area contributed by atoms with E-state index in [1.807, 2.05) is 25.1 Å². The van der Waals surface area contributed by atoms with Gasteiger partial charge in [0.25, 0.3) is 5.91 Å². The van der Waals surface area contributed by atoms with Crippen LogP contribution in [0.15, 0.2) is 48.7 Å². The summed E-state index contributed by atoms with van der Waals surface area (Å²) in [6.45, 7) is 3.97. The van der Waals surface area contributed by atoms with Gasteiger partial charge in [-0.25, -0.2) is 4.98 Å². The van der Waals surface area contributed by atoms with Crippen LogP contribution < -0.4 is 15.4 Å². The van der Waals surface area contributed by atoms with Crippen molar-refractivity contribution < 1.29 is 14.3 Å². The van der Waals surface area contributed by atoms with Crippen molar-refractivity contribution in [1.29, 1.82) is 0 Å². The van der Waals surface area contributed by atoms with Crippen molar-refractivity contribution in [3.63, 3.8) is 0 Å². The van der Waals surface area contributed by atoms with E-state index in [-0.39, 0.29) is 11.8 Å². The first-order chi connectivity index (χ1) is 11.1. The molecule has 0 saturated heterocycles. The van der Waals surface area contributed by atoms with Crippen LogP contribution in [0.4, 0.5) is 0 Å². The maximum Gasteiger partial charge on any atom is 0.252 e. The van der Waals surface area contributed by atoms with Crippen LogP contribution in [0.3, 0.4) is 0 Å². The van der Waals surface area contributed by atoms with Crippen LogP contribution in [0.25, 0.3) is 0 Å². The number of benzene rings is 1. The average Bonchev–Trinajstić information content (AvgIpc) is 2.56. The first-order valence-electron chi connectivity index (χ1n) is 7.37. The lowest BCUT2D eigenvalue weighted by molar-refractivity contribution is -0.122. The number of nitrogens with one attached hydrogen (secondary N) is 2. The molecule has 1 aromatic carbocycles. The maximum atomic E-state index is 12.2. The molecule has 1 aromatic heterocycles. The van der Waals surface area contributed by atoms with E-state index < -0.39 is 6.04 Å². The molecule has 120 valence electrons. The molecule has 0 fully saturated rings. The summed E-state index contributed by atoms with van der Waals surface area (Å²) in [5, 5.41) is 5.29. The minimum atomic E-state index is -0.617. The second-order valence-corrected chi connectivity index (χ2v) is 4.89. The Hall–Kier alpha value is -2.89. The number of pyridine rings is 1. The number of rotatable bonds is 6. The molecule has 6 nitrogen and oxygen atoms in total. The molecule has 0 bridgehead atoms. The number of hydrogen-bond donors (Lipinski definition) is 2. The number of para-hydroxylation sites is 1. The summed E-state index contributed by atoms with van der Waals surface area (Å²) in [6.07, 6.45) is 1.49. The van der Waals surface area contributed by atoms with Gasteiger partial charge < -0.3 is 15.4 Å². The van der Waals surface area contributed by atoms with Crippen LogP contribution >= 0.6 is 0 Å².